The second-order valence-corrected chi connectivity index (χ2v) is 1.78. The minimum absolute atomic E-state index is 0.731. The zero-order chi connectivity index (χ0) is 8.69. The molecule has 0 saturated carbocycles. The summed E-state index contributed by atoms with van der Waals surface area (Å²) >= 11 is 0. The van der Waals surface area contributed by atoms with Crippen LogP contribution in [0.25, 0.3) is 0 Å². The summed E-state index contributed by atoms with van der Waals surface area (Å²) in [6, 6.07) is 7.31. The summed E-state index contributed by atoms with van der Waals surface area (Å²) in [6.45, 7) is 4.00. The fraction of sp³-hybridized carbons (Fsp3) is 0.333. The first-order valence-electron chi connectivity index (χ1n) is 3.72. The lowest BCUT2D eigenvalue weighted by molar-refractivity contribution is 0.415. The predicted octanol–water partition coefficient (Wildman–Crippen LogP) is 2.30. The third kappa shape index (κ3) is 3.50. The molecule has 0 amide bonds. The molecular weight excluding hydrogens is 138 g/mol. The molecule has 2 nitrogen and oxygen atoms in total. The van der Waals surface area contributed by atoms with Gasteiger partial charge in [0.05, 0.1) is 7.11 Å². The highest BCUT2D eigenvalue weighted by Gasteiger charge is 1.87. The van der Waals surface area contributed by atoms with E-state index in [1.165, 1.54) is 0 Å². The maximum Gasteiger partial charge on any atom is 0.120 e. The van der Waals surface area contributed by atoms with Gasteiger partial charge in [-0.2, -0.15) is 0 Å². The molecule has 1 rings (SSSR count). The van der Waals surface area contributed by atoms with Crippen LogP contribution in [0.4, 0.5) is 5.69 Å². The molecule has 0 aliphatic heterocycles. The highest BCUT2D eigenvalue weighted by atomic mass is 16.5. The van der Waals surface area contributed by atoms with Gasteiger partial charge in [-0.15, -0.1) is 0 Å². The van der Waals surface area contributed by atoms with Crippen LogP contribution >= 0.6 is 0 Å². The van der Waals surface area contributed by atoms with Gasteiger partial charge in [0.25, 0.3) is 0 Å². The maximum absolute atomic E-state index is 5.45. The number of anilines is 1. The summed E-state index contributed by atoms with van der Waals surface area (Å²) in [5, 5.41) is 0. The Hall–Kier alpha value is -1.18. The molecular formula is C9H15NO. The van der Waals surface area contributed by atoms with Gasteiger partial charge in [0.15, 0.2) is 0 Å². The minimum Gasteiger partial charge on any atom is -0.497 e. The normalized spacial score (nSPS) is 7.91. The van der Waals surface area contributed by atoms with E-state index in [9.17, 15) is 0 Å². The van der Waals surface area contributed by atoms with E-state index in [1.807, 2.05) is 32.0 Å². The van der Waals surface area contributed by atoms with Crippen molar-refractivity contribution >= 4 is 5.69 Å². The Morgan fingerprint density at radius 3 is 2.27 bits per heavy atom. The molecule has 0 atom stereocenters. The standard InChI is InChI=1S/C7H9NO.C2H6/c1-9-7-4-2-3-6(8)5-7;1-2/h2-5H,8H2,1H3;1-2H3. The van der Waals surface area contributed by atoms with Crippen LogP contribution < -0.4 is 10.5 Å². The molecule has 0 heterocycles. The van der Waals surface area contributed by atoms with Crippen molar-refractivity contribution in [3.63, 3.8) is 0 Å². The van der Waals surface area contributed by atoms with Gasteiger partial charge >= 0.3 is 0 Å². The number of benzene rings is 1. The molecule has 0 saturated heterocycles. The summed E-state index contributed by atoms with van der Waals surface area (Å²) < 4.78 is 4.92. The van der Waals surface area contributed by atoms with Gasteiger partial charge in [-0.1, -0.05) is 19.9 Å². The number of rotatable bonds is 1. The SMILES string of the molecule is CC.COc1cccc(N)c1. The van der Waals surface area contributed by atoms with Crippen molar-refractivity contribution in [1.82, 2.24) is 0 Å². The summed E-state index contributed by atoms with van der Waals surface area (Å²) in [6.07, 6.45) is 0. The second kappa shape index (κ2) is 5.59. The van der Waals surface area contributed by atoms with Gasteiger partial charge in [-0.05, 0) is 12.1 Å². The van der Waals surface area contributed by atoms with Crippen molar-refractivity contribution in [2.45, 2.75) is 13.8 Å². The van der Waals surface area contributed by atoms with Crippen molar-refractivity contribution in [2.75, 3.05) is 12.8 Å². The van der Waals surface area contributed by atoms with Crippen molar-refractivity contribution in [3.05, 3.63) is 24.3 Å². The van der Waals surface area contributed by atoms with E-state index < -0.39 is 0 Å². The van der Waals surface area contributed by atoms with Crippen LogP contribution in [0, 0.1) is 0 Å². The molecule has 62 valence electrons. The van der Waals surface area contributed by atoms with Crippen LogP contribution in [-0.2, 0) is 0 Å². The number of hydrogen-bond donors (Lipinski definition) is 1. The Balaban J connectivity index is 0.000000461. The van der Waals surface area contributed by atoms with E-state index >= 15 is 0 Å². The van der Waals surface area contributed by atoms with Crippen LogP contribution in [-0.4, -0.2) is 7.11 Å². The van der Waals surface area contributed by atoms with Gasteiger partial charge < -0.3 is 10.5 Å². The minimum atomic E-state index is 0.731. The molecule has 2 N–H and O–H groups in total. The molecule has 11 heavy (non-hydrogen) atoms. The highest BCUT2D eigenvalue weighted by Crippen LogP contribution is 2.12. The third-order valence-corrected chi connectivity index (χ3v) is 1.09. The molecule has 0 bridgehead atoms. The number of nitrogens with two attached hydrogens (primary N) is 1. The van der Waals surface area contributed by atoms with E-state index in [0.717, 1.165) is 11.4 Å². The lowest BCUT2D eigenvalue weighted by Crippen LogP contribution is -1.86. The number of methoxy groups -OCH3 is 1. The molecule has 0 aromatic heterocycles. The summed E-state index contributed by atoms with van der Waals surface area (Å²) in [5.74, 6) is 0.801. The van der Waals surface area contributed by atoms with Gasteiger partial charge in [0, 0.05) is 11.8 Å². The topological polar surface area (TPSA) is 35.2 Å². The van der Waals surface area contributed by atoms with E-state index in [1.54, 1.807) is 13.2 Å². The summed E-state index contributed by atoms with van der Waals surface area (Å²) in [5.41, 5.74) is 6.19. The first-order chi connectivity index (χ1) is 5.33. The zero-order valence-electron chi connectivity index (χ0n) is 7.29. The smallest absolute Gasteiger partial charge is 0.120 e. The predicted molar refractivity (Wildman–Crippen MR) is 48.8 cm³/mol. The van der Waals surface area contributed by atoms with Gasteiger partial charge in [0.1, 0.15) is 5.75 Å². The number of ether oxygens (including phenoxy) is 1. The van der Waals surface area contributed by atoms with Gasteiger partial charge in [0.2, 0.25) is 0 Å². The molecule has 0 fully saturated rings. The van der Waals surface area contributed by atoms with Crippen molar-refractivity contribution < 1.29 is 4.74 Å². The monoisotopic (exact) mass is 153 g/mol. The van der Waals surface area contributed by atoms with Crippen LogP contribution in [0.1, 0.15) is 13.8 Å². The van der Waals surface area contributed by atoms with E-state index in [4.69, 9.17) is 10.5 Å². The summed E-state index contributed by atoms with van der Waals surface area (Å²) in [4.78, 5) is 0. The number of nitrogen functional groups attached to an aromatic ring is 1. The molecule has 1 aromatic rings. The lowest BCUT2D eigenvalue weighted by Gasteiger charge is -1.97. The second-order valence-electron chi connectivity index (χ2n) is 1.78. The Labute approximate surface area is 68.0 Å². The molecule has 1 aromatic carbocycles. The maximum atomic E-state index is 5.45. The Morgan fingerprint density at radius 2 is 1.91 bits per heavy atom. The number of hydrogen-bond acceptors (Lipinski definition) is 2. The van der Waals surface area contributed by atoms with Crippen molar-refractivity contribution in [2.24, 2.45) is 0 Å². The Kier molecular flexibility index (Phi) is 4.99. The summed E-state index contributed by atoms with van der Waals surface area (Å²) in [7, 11) is 1.62. The quantitative estimate of drug-likeness (QED) is 0.628. The van der Waals surface area contributed by atoms with Crippen molar-refractivity contribution in [1.29, 1.82) is 0 Å². The largest absolute Gasteiger partial charge is 0.497 e. The van der Waals surface area contributed by atoms with Crippen LogP contribution in [0.2, 0.25) is 0 Å². The van der Waals surface area contributed by atoms with Crippen LogP contribution in [0.5, 0.6) is 5.75 Å². The van der Waals surface area contributed by atoms with Gasteiger partial charge in [-0.3, -0.25) is 0 Å². The fourth-order valence-electron chi connectivity index (χ4n) is 0.642. The van der Waals surface area contributed by atoms with Crippen LogP contribution in [0.15, 0.2) is 24.3 Å². The first-order valence-corrected chi connectivity index (χ1v) is 3.72. The van der Waals surface area contributed by atoms with Gasteiger partial charge in [-0.25, -0.2) is 0 Å². The lowest BCUT2D eigenvalue weighted by atomic mass is 10.3. The van der Waals surface area contributed by atoms with Crippen LogP contribution in [0.3, 0.4) is 0 Å². The van der Waals surface area contributed by atoms with E-state index in [-0.39, 0.29) is 0 Å². The third-order valence-electron chi connectivity index (χ3n) is 1.09. The zero-order valence-corrected chi connectivity index (χ0v) is 7.29. The average molecular weight is 153 g/mol. The molecule has 0 aliphatic rings. The van der Waals surface area contributed by atoms with Crippen molar-refractivity contribution in [3.8, 4) is 5.75 Å². The van der Waals surface area contributed by atoms with E-state index in [0.29, 0.717) is 0 Å². The van der Waals surface area contributed by atoms with E-state index in [2.05, 4.69) is 0 Å². The molecule has 0 radical (unpaired) electrons. The Morgan fingerprint density at radius 1 is 1.27 bits per heavy atom. The fourth-order valence-corrected chi connectivity index (χ4v) is 0.642. The molecule has 0 unspecified atom stereocenters. The molecule has 0 aliphatic carbocycles. The molecule has 2 heteroatoms. The average Bonchev–Trinajstić information content (AvgIpc) is 2.08. The Bertz CT molecular complexity index is 199. The highest BCUT2D eigenvalue weighted by molar-refractivity contribution is 5.43. The first kappa shape index (κ1) is 9.82. The molecule has 0 spiro atoms.